The normalized spacial score (nSPS) is 11.2. The van der Waals surface area contributed by atoms with Gasteiger partial charge in [0.1, 0.15) is 4.83 Å². The van der Waals surface area contributed by atoms with Gasteiger partial charge in [-0.2, -0.15) is 0 Å². The summed E-state index contributed by atoms with van der Waals surface area (Å²) >= 11 is 1.39. The van der Waals surface area contributed by atoms with E-state index in [-0.39, 0.29) is 18.2 Å². The Morgan fingerprint density at radius 1 is 1.24 bits per heavy atom. The van der Waals surface area contributed by atoms with E-state index in [9.17, 15) is 14.4 Å². The Bertz CT molecular complexity index is 1040. The first-order valence-electron chi connectivity index (χ1n) is 7.88. The van der Waals surface area contributed by atoms with Crippen molar-refractivity contribution in [2.75, 3.05) is 0 Å². The molecule has 3 rings (SSSR count). The van der Waals surface area contributed by atoms with Gasteiger partial charge in [-0.1, -0.05) is 12.1 Å². The third-order valence-electron chi connectivity index (χ3n) is 3.67. The van der Waals surface area contributed by atoms with Gasteiger partial charge in [0.2, 0.25) is 0 Å². The summed E-state index contributed by atoms with van der Waals surface area (Å²) in [6, 6.07) is 8.47. The van der Waals surface area contributed by atoms with Gasteiger partial charge >= 0.3 is 11.7 Å². The van der Waals surface area contributed by atoms with E-state index >= 15 is 0 Å². The number of carbonyl (C=O) groups is 1. The predicted molar refractivity (Wildman–Crippen MR) is 97.5 cm³/mol. The smallest absolute Gasteiger partial charge is 0.338 e. The van der Waals surface area contributed by atoms with E-state index in [0.717, 1.165) is 15.0 Å². The first kappa shape index (κ1) is 17.2. The number of benzene rings is 1. The maximum Gasteiger partial charge on any atom is 0.338 e. The summed E-state index contributed by atoms with van der Waals surface area (Å²) in [6.45, 7) is 5.60. The summed E-state index contributed by atoms with van der Waals surface area (Å²) in [4.78, 5) is 40.9. The maximum atomic E-state index is 12.5. The summed E-state index contributed by atoms with van der Waals surface area (Å²) in [5, 5.41) is 0.513. The molecule has 0 bridgehead atoms. The Morgan fingerprint density at radius 2 is 1.92 bits per heavy atom. The average Bonchev–Trinajstić information content (AvgIpc) is 2.92. The second-order valence-electron chi connectivity index (χ2n) is 6.07. The van der Waals surface area contributed by atoms with Crippen LogP contribution in [0.4, 0.5) is 0 Å². The molecule has 130 valence electrons. The van der Waals surface area contributed by atoms with Gasteiger partial charge in [0, 0.05) is 4.88 Å². The molecule has 0 amide bonds. The molecule has 25 heavy (non-hydrogen) atoms. The number of hydrogen-bond donors (Lipinski definition) is 1. The molecule has 2 aromatic heterocycles. The quantitative estimate of drug-likeness (QED) is 0.727. The monoisotopic (exact) mass is 358 g/mol. The number of nitrogens with one attached hydrogen (secondary N) is 1. The van der Waals surface area contributed by atoms with Crippen molar-refractivity contribution in [3.05, 3.63) is 67.2 Å². The standard InChI is InChI=1S/C18H18N2O4S/c1-10(2)24-17(22)13-6-4-12(5-7-13)9-20-16(21)14-8-11(3)25-15(14)19-18(20)23/h4-8,10H,9H2,1-3H3,(H,19,23). The Balaban J connectivity index is 1.90. The number of esters is 1. The fourth-order valence-electron chi connectivity index (χ4n) is 2.52. The van der Waals surface area contributed by atoms with Gasteiger partial charge in [0.25, 0.3) is 5.56 Å². The van der Waals surface area contributed by atoms with E-state index in [1.807, 2.05) is 6.92 Å². The second kappa shape index (κ2) is 6.68. The predicted octanol–water partition coefficient (Wildman–Crippen LogP) is 2.67. The zero-order valence-electron chi connectivity index (χ0n) is 14.2. The number of nitrogens with zero attached hydrogens (tertiary/aromatic N) is 1. The van der Waals surface area contributed by atoms with Gasteiger partial charge in [0.05, 0.1) is 23.6 Å². The van der Waals surface area contributed by atoms with Gasteiger partial charge in [-0.15, -0.1) is 11.3 Å². The van der Waals surface area contributed by atoms with Crippen molar-refractivity contribution in [3.8, 4) is 0 Å². The summed E-state index contributed by atoms with van der Waals surface area (Å²) in [5.74, 6) is -0.397. The van der Waals surface area contributed by atoms with Crippen LogP contribution >= 0.6 is 11.3 Å². The van der Waals surface area contributed by atoms with Gasteiger partial charge in [-0.3, -0.25) is 14.3 Å². The van der Waals surface area contributed by atoms with Crippen molar-refractivity contribution in [1.82, 2.24) is 9.55 Å². The number of aromatic amines is 1. The molecule has 1 aromatic carbocycles. The van der Waals surface area contributed by atoms with E-state index in [1.165, 1.54) is 11.3 Å². The molecular weight excluding hydrogens is 340 g/mol. The van der Waals surface area contributed by atoms with Crippen molar-refractivity contribution < 1.29 is 9.53 Å². The minimum atomic E-state index is -0.442. The minimum Gasteiger partial charge on any atom is -0.459 e. The molecule has 0 saturated carbocycles. The van der Waals surface area contributed by atoms with Gasteiger partial charge in [-0.05, 0) is 44.5 Å². The highest BCUT2D eigenvalue weighted by Crippen LogP contribution is 2.18. The number of thiophene rings is 1. The van der Waals surface area contributed by atoms with Crippen LogP contribution in [0.2, 0.25) is 0 Å². The number of aromatic nitrogens is 2. The lowest BCUT2D eigenvalue weighted by atomic mass is 10.1. The Hall–Kier alpha value is -2.67. The van der Waals surface area contributed by atoms with E-state index < -0.39 is 11.7 Å². The van der Waals surface area contributed by atoms with E-state index in [4.69, 9.17) is 4.74 Å². The van der Waals surface area contributed by atoms with Crippen molar-refractivity contribution in [3.63, 3.8) is 0 Å². The molecular formula is C18H18N2O4S. The summed E-state index contributed by atoms with van der Waals surface area (Å²) in [7, 11) is 0. The molecule has 6 nitrogen and oxygen atoms in total. The van der Waals surface area contributed by atoms with Crippen molar-refractivity contribution in [2.45, 2.75) is 33.4 Å². The van der Waals surface area contributed by atoms with Crippen molar-refractivity contribution in [1.29, 1.82) is 0 Å². The van der Waals surface area contributed by atoms with Crippen molar-refractivity contribution >= 4 is 27.5 Å². The third kappa shape index (κ3) is 3.56. The molecule has 0 aliphatic carbocycles. The summed E-state index contributed by atoms with van der Waals surface area (Å²) in [6.07, 6.45) is -0.190. The van der Waals surface area contributed by atoms with E-state index in [0.29, 0.717) is 15.8 Å². The highest BCUT2D eigenvalue weighted by molar-refractivity contribution is 7.18. The lowest BCUT2D eigenvalue weighted by Gasteiger charge is -2.09. The lowest BCUT2D eigenvalue weighted by molar-refractivity contribution is 0.0378. The topological polar surface area (TPSA) is 81.2 Å². The van der Waals surface area contributed by atoms with Crippen LogP contribution in [0.1, 0.15) is 34.6 Å². The van der Waals surface area contributed by atoms with Crippen LogP contribution in [-0.4, -0.2) is 21.6 Å². The van der Waals surface area contributed by atoms with Crippen LogP contribution < -0.4 is 11.2 Å². The first-order chi connectivity index (χ1) is 11.8. The van der Waals surface area contributed by atoms with Gasteiger partial charge < -0.3 is 4.74 Å². The van der Waals surface area contributed by atoms with E-state index in [1.54, 1.807) is 44.2 Å². The third-order valence-corrected chi connectivity index (χ3v) is 4.64. The zero-order valence-corrected chi connectivity index (χ0v) is 15.0. The highest BCUT2D eigenvalue weighted by atomic mass is 32.1. The zero-order chi connectivity index (χ0) is 18.1. The van der Waals surface area contributed by atoms with Crippen LogP contribution in [0.15, 0.2) is 39.9 Å². The number of aryl methyl sites for hydroxylation is 1. The Morgan fingerprint density at radius 3 is 2.56 bits per heavy atom. The SMILES string of the molecule is Cc1cc2c(=O)n(Cc3ccc(C(=O)OC(C)C)cc3)c(=O)[nH]c2s1. The average molecular weight is 358 g/mol. The van der Waals surface area contributed by atoms with Gasteiger partial charge in [0.15, 0.2) is 0 Å². The Labute approximate surface area is 147 Å². The van der Waals surface area contributed by atoms with Crippen LogP contribution in [0.5, 0.6) is 0 Å². The molecule has 2 heterocycles. The van der Waals surface area contributed by atoms with Crippen LogP contribution in [-0.2, 0) is 11.3 Å². The molecule has 7 heteroatoms. The number of hydrogen-bond acceptors (Lipinski definition) is 5. The van der Waals surface area contributed by atoms with Crippen LogP contribution in [0.25, 0.3) is 10.2 Å². The molecule has 0 saturated heterocycles. The van der Waals surface area contributed by atoms with Gasteiger partial charge in [-0.25, -0.2) is 9.59 Å². The fourth-order valence-corrected chi connectivity index (χ4v) is 3.42. The molecule has 1 N–H and O–H groups in total. The molecule has 0 unspecified atom stereocenters. The largest absolute Gasteiger partial charge is 0.459 e. The van der Waals surface area contributed by atoms with Crippen LogP contribution in [0, 0.1) is 6.92 Å². The Kier molecular flexibility index (Phi) is 4.59. The number of carbonyl (C=O) groups excluding carboxylic acids is 1. The first-order valence-corrected chi connectivity index (χ1v) is 8.70. The lowest BCUT2D eigenvalue weighted by Crippen LogP contribution is -2.34. The molecule has 0 aliphatic heterocycles. The maximum absolute atomic E-state index is 12.5. The molecule has 0 spiro atoms. The molecule has 0 aliphatic rings. The highest BCUT2D eigenvalue weighted by Gasteiger charge is 2.12. The number of rotatable bonds is 4. The molecule has 0 atom stereocenters. The van der Waals surface area contributed by atoms with Crippen LogP contribution in [0.3, 0.4) is 0 Å². The minimum absolute atomic E-state index is 0.137. The number of ether oxygens (including phenoxy) is 1. The summed E-state index contributed by atoms with van der Waals surface area (Å²) < 4.78 is 6.30. The second-order valence-corrected chi connectivity index (χ2v) is 7.33. The number of H-pyrrole nitrogens is 1. The molecule has 0 radical (unpaired) electrons. The van der Waals surface area contributed by atoms with E-state index in [2.05, 4.69) is 4.98 Å². The molecule has 0 fully saturated rings. The van der Waals surface area contributed by atoms with Crippen molar-refractivity contribution in [2.24, 2.45) is 0 Å². The molecule has 3 aromatic rings. The summed E-state index contributed by atoms with van der Waals surface area (Å²) in [5.41, 5.74) is 0.427. The fraction of sp³-hybridized carbons (Fsp3) is 0.278. The number of fused-ring (bicyclic) bond motifs is 1.